The molecular formula is C17H23NO2S. The lowest BCUT2D eigenvalue weighted by Crippen LogP contribution is -2.43. The molecule has 114 valence electrons. The predicted octanol–water partition coefficient (Wildman–Crippen LogP) is 3.36. The number of carbonyl (C=O) groups is 1. The van der Waals surface area contributed by atoms with E-state index in [-0.39, 0.29) is 5.91 Å². The Labute approximate surface area is 129 Å². The van der Waals surface area contributed by atoms with Crippen LogP contribution in [0.2, 0.25) is 0 Å². The van der Waals surface area contributed by atoms with Gasteiger partial charge in [0.2, 0.25) is 0 Å². The van der Waals surface area contributed by atoms with Gasteiger partial charge < -0.3 is 4.90 Å². The summed E-state index contributed by atoms with van der Waals surface area (Å²) >= 11 is 0. The highest BCUT2D eigenvalue weighted by Crippen LogP contribution is 2.34. The van der Waals surface area contributed by atoms with Crippen molar-refractivity contribution < 1.29 is 9.00 Å². The van der Waals surface area contributed by atoms with Crippen LogP contribution in [0.4, 0.5) is 0 Å². The molecule has 2 saturated carbocycles. The monoisotopic (exact) mass is 305 g/mol. The predicted molar refractivity (Wildman–Crippen MR) is 84.8 cm³/mol. The SMILES string of the molecule is CS(=O)c1ccc(C(=O)N(C2CCCCC2)C2CC2)cc1. The van der Waals surface area contributed by atoms with Crippen molar-refractivity contribution in [2.24, 2.45) is 0 Å². The minimum Gasteiger partial charge on any atom is -0.333 e. The molecule has 2 aliphatic carbocycles. The van der Waals surface area contributed by atoms with Gasteiger partial charge in [0.25, 0.3) is 5.91 Å². The van der Waals surface area contributed by atoms with Crippen LogP contribution in [0.1, 0.15) is 55.3 Å². The lowest BCUT2D eigenvalue weighted by molar-refractivity contribution is 0.0614. The van der Waals surface area contributed by atoms with Crippen molar-refractivity contribution in [1.29, 1.82) is 0 Å². The number of carbonyl (C=O) groups excluding carboxylic acids is 1. The van der Waals surface area contributed by atoms with Gasteiger partial charge in [0, 0.05) is 39.6 Å². The zero-order chi connectivity index (χ0) is 14.8. The normalized spacial score (nSPS) is 21.0. The summed E-state index contributed by atoms with van der Waals surface area (Å²) in [6.07, 6.45) is 10.1. The molecule has 1 aromatic rings. The maximum Gasteiger partial charge on any atom is 0.254 e. The molecule has 0 aliphatic heterocycles. The second kappa shape index (κ2) is 6.30. The minimum absolute atomic E-state index is 0.165. The Bertz CT molecular complexity index is 530. The molecule has 0 saturated heterocycles. The van der Waals surface area contributed by atoms with Crippen molar-refractivity contribution in [2.75, 3.05) is 6.26 Å². The molecule has 0 aromatic heterocycles. The molecule has 0 spiro atoms. The summed E-state index contributed by atoms with van der Waals surface area (Å²) in [7, 11) is -0.987. The van der Waals surface area contributed by atoms with Crippen LogP contribution < -0.4 is 0 Å². The molecule has 2 aliphatic rings. The Hall–Kier alpha value is -1.16. The van der Waals surface area contributed by atoms with Gasteiger partial charge in [-0.1, -0.05) is 19.3 Å². The van der Waals surface area contributed by atoms with Crippen molar-refractivity contribution in [3.05, 3.63) is 29.8 Å². The average Bonchev–Trinajstić information content (AvgIpc) is 3.33. The number of amides is 1. The van der Waals surface area contributed by atoms with E-state index in [0.29, 0.717) is 12.1 Å². The van der Waals surface area contributed by atoms with Gasteiger partial charge in [0.05, 0.1) is 0 Å². The van der Waals surface area contributed by atoms with Crippen LogP contribution in [0.25, 0.3) is 0 Å². The summed E-state index contributed by atoms with van der Waals surface area (Å²) in [5, 5.41) is 0. The Balaban J connectivity index is 1.78. The number of nitrogens with zero attached hydrogens (tertiary/aromatic N) is 1. The highest BCUT2D eigenvalue weighted by molar-refractivity contribution is 7.84. The van der Waals surface area contributed by atoms with Crippen LogP contribution in [-0.2, 0) is 10.8 Å². The Morgan fingerprint density at radius 3 is 2.10 bits per heavy atom. The molecule has 21 heavy (non-hydrogen) atoms. The Kier molecular flexibility index (Phi) is 4.43. The summed E-state index contributed by atoms with van der Waals surface area (Å²) in [5.41, 5.74) is 0.738. The molecule has 0 radical (unpaired) electrons. The molecule has 1 atom stereocenters. The zero-order valence-electron chi connectivity index (χ0n) is 12.6. The molecule has 3 nitrogen and oxygen atoms in total. The van der Waals surface area contributed by atoms with Gasteiger partial charge in [-0.3, -0.25) is 9.00 Å². The fraction of sp³-hybridized carbons (Fsp3) is 0.588. The Morgan fingerprint density at radius 1 is 1.00 bits per heavy atom. The molecule has 0 bridgehead atoms. The summed E-state index contributed by atoms with van der Waals surface area (Å²) in [5.74, 6) is 0.165. The van der Waals surface area contributed by atoms with Gasteiger partial charge in [0.1, 0.15) is 0 Å². The van der Waals surface area contributed by atoms with E-state index >= 15 is 0 Å². The van der Waals surface area contributed by atoms with E-state index in [1.54, 1.807) is 6.26 Å². The number of rotatable bonds is 4. The lowest BCUT2D eigenvalue weighted by Gasteiger charge is -2.34. The van der Waals surface area contributed by atoms with Crippen LogP contribution in [0.5, 0.6) is 0 Å². The van der Waals surface area contributed by atoms with E-state index < -0.39 is 10.8 Å². The van der Waals surface area contributed by atoms with Crippen molar-refractivity contribution in [2.45, 2.75) is 61.9 Å². The van der Waals surface area contributed by atoms with E-state index in [2.05, 4.69) is 4.90 Å². The molecule has 1 amide bonds. The van der Waals surface area contributed by atoms with Crippen LogP contribution in [0.15, 0.2) is 29.2 Å². The topological polar surface area (TPSA) is 37.4 Å². The molecule has 1 unspecified atom stereocenters. The highest BCUT2D eigenvalue weighted by atomic mass is 32.2. The van der Waals surface area contributed by atoms with Gasteiger partial charge in [-0.2, -0.15) is 0 Å². The molecule has 3 rings (SSSR count). The highest BCUT2D eigenvalue weighted by Gasteiger charge is 2.37. The smallest absolute Gasteiger partial charge is 0.254 e. The third-order valence-electron chi connectivity index (χ3n) is 4.58. The van der Waals surface area contributed by atoms with Crippen molar-refractivity contribution >= 4 is 16.7 Å². The van der Waals surface area contributed by atoms with E-state index in [1.807, 2.05) is 24.3 Å². The molecule has 1 aromatic carbocycles. The van der Waals surface area contributed by atoms with E-state index in [9.17, 15) is 9.00 Å². The number of hydrogen-bond donors (Lipinski definition) is 0. The molecule has 2 fully saturated rings. The summed E-state index contributed by atoms with van der Waals surface area (Å²) in [4.78, 5) is 15.8. The first-order chi connectivity index (χ1) is 10.2. The van der Waals surface area contributed by atoms with E-state index in [0.717, 1.165) is 36.1 Å². The molecule has 0 heterocycles. The van der Waals surface area contributed by atoms with Crippen LogP contribution in [-0.4, -0.2) is 33.4 Å². The van der Waals surface area contributed by atoms with Gasteiger partial charge in [-0.05, 0) is 49.9 Å². The quantitative estimate of drug-likeness (QED) is 0.855. The van der Waals surface area contributed by atoms with E-state index in [1.165, 1.54) is 19.3 Å². The maximum absolute atomic E-state index is 12.9. The zero-order valence-corrected chi connectivity index (χ0v) is 13.4. The fourth-order valence-electron chi connectivity index (χ4n) is 3.28. The molecule has 4 heteroatoms. The minimum atomic E-state index is -0.987. The molecule has 0 N–H and O–H groups in total. The summed E-state index contributed by atoms with van der Waals surface area (Å²) < 4.78 is 11.4. The third-order valence-corrected chi connectivity index (χ3v) is 5.51. The van der Waals surface area contributed by atoms with Gasteiger partial charge in [-0.15, -0.1) is 0 Å². The second-order valence-corrected chi connectivity index (χ2v) is 7.59. The Morgan fingerprint density at radius 2 is 1.57 bits per heavy atom. The largest absolute Gasteiger partial charge is 0.333 e. The average molecular weight is 305 g/mol. The van der Waals surface area contributed by atoms with Crippen LogP contribution in [0.3, 0.4) is 0 Å². The first-order valence-corrected chi connectivity index (χ1v) is 9.49. The standard InChI is InChI=1S/C17H23NO2S/c1-21(20)16-11-7-13(8-12-16)17(19)18(15-9-10-15)14-5-3-2-4-6-14/h7-8,11-12,14-15H,2-6,9-10H2,1H3. The van der Waals surface area contributed by atoms with Gasteiger partial charge in [0.15, 0.2) is 0 Å². The van der Waals surface area contributed by atoms with Crippen molar-refractivity contribution in [3.63, 3.8) is 0 Å². The molecular weight excluding hydrogens is 282 g/mol. The first kappa shape index (κ1) is 14.8. The third kappa shape index (κ3) is 3.37. The number of benzene rings is 1. The number of hydrogen-bond acceptors (Lipinski definition) is 2. The van der Waals surface area contributed by atoms with Crippen molar-refractivity contribution in [1.82, 2.24) is 4.90 Å². The fourth-order valence-corrected chi connectivity index (χ4v) is 3.80. The van der Waals surface area contributed by atoms with Gasteiger partial charge >= 0.3 is 0 Å². The summed E-state index contributed by atoms with van der Waals surface area (Å²) in [6, 6.07) is 8.18. The van der Waals surface area contributed by atoms with Crippen LogP contribution in [0, 0.1) is 0 Å². The van der Waals surface area contributed by atoms with Crippen LogP contribution >= 0.6 is 0 Å². The maximum atomic E-state index is 12.9. The van der Waals surface area contributed by atoms with E-state index in [4.69, 9.17) is 0 Å². The first-order valence-electron chi connectivity index (χ1n) is 7.93. The van der Waals surface area contributed by atoms with Crippen molar-refractivity contribution in [3.8, 4) is 0 Å². The van der Waals surface area contributed by atoms with Gasteiger partial charge in [-0.25, -0.2) is 0 Å². The summed E-state index contributed by atoms with van der Waals surface area (Å²) in [6.45, 7) is 0. The second-order valence-electron chi connectivity index (χ2n) is 6.21. The lowest BCUT2D eigenvalue weighted by atomic mass is 9.93.